The Balaban J connectivity index is 1.84. The molecule has 0 aliphatic carbocycles. The summed E-state index contributed by atoms with van der Waals surface area (Å²) in [7, 11) is 0. The summed E-state index contributed by atoms with van der Waals surface area (Å²) in [6.07, 6.45) is 1.54. The molecule has 0 spiro atoms. The molecule has 6 heteroatoms. The average molecular weight is 340 g/mol. The van der Waals surface area contributed by atoms with Gasteiger partial charge in [0, 0.05) is 18.7 Å². The van der Waals surface area contributed by atoms with E-state index in [0.717, 1.165) is 17.5 Å². The highest BCUT2D eigenvalue weighted by atomic mass is 16.6. The normalized spacial score (nSPS) is 18.8. The number of carbonyl (C=O) groups excluding carboxylic acids is 1. The molecule has 2 atom stereocenters. The van der Waals surface area contributed by atoms with Crippen LogP contribution >= 0.6 is 0 Å². The van der Waals surface area contributed by atoms with Crippen molar-refractivity contribution < 1.29 is 14.8 Å². The number of nitro groups is 1. The summed E-state index contributed by atoms with van der Waals surface area (Å²) in [5.41, 5.74) is 1.70. The van der Waals surface area contributed by atoms with E-state index in [1.54, 1.807) is 17.0 Å². The molecule has 3 rings (SSSR count). The molecular formula is C19H20N2O4. The van der Waals surface area contributed by atoms with E-state index in [9.17, 15) is 20.0 Å². The SMILES string of the molecule is O=C1[C@H](c2ccc([N+](=O)[O-])cc2)CCCN1[C@@H](CO)c1ccccc1. The minimum atomic E-state index is -0.448. The van der Waals surface area contributed by atoms with Gasteiger partial charge in [-0.15, -0.1) is 0 Å². The van der Waals surface area contributed by atoms with Gasteiger partial charge in [-0.25, -0.2) is 0 Å². The molecule has 25 heavy (non-hydrogen) atoms. The molecule has 0 unspecified atom stereocenters. The number of aliphatic hydroxyl groups excluding tert-OH is 1. The van der Waals surface area contributed by atoms with Crippen molar-refractivity contribution in [1.29, 1.82) is 0 Å². The van der Waals surface area contributed by atoms with Gasteiger partial charge in [-0.2, -0.15) is 0 Å². The zero-order valence-electron chi connectivity index (χ0n) is 13.7. The van der Waals surface area contributed by atoms with Gasteiger partial charge in [-0.3, -0.25) is 14.9 Å². The molecule has 0 radical (unpaired) electrons. The standard InChI is InChI=1S/C19H20N2O4/c22-13-18(15-5-2-1-3-6-15)20-12-4-7-17(19(20)23)14-8-10-16(11-9-14)21(24)25/h1-3,5-6,8-11,17-18,22H,4,7,12-13H2/t17-,18-/m0/s1. The lowest BCUT2D eigenvalue weighted by atomic mass is 9.88. The van der Waals surface area contributed by atoms with Crippen molar-refractivity contribution in [3.8, 4) is 0 Å². The van der Waals surface area contributed by atoms with Crippen molar-refractivity contribution in [2.75, 3.05) is 13.2 Å². The van der Waals surface area contributed by atoms with Gasteiger partial charge in [0.25, 0.3) is 5.69 Å². The van der Waals surface area contributed by atoms with Crippen molar-refractivity contribution in [3.63, 3.8) is 0 Å². The third kappa shape index (κ3) is 3.53. The molecule has 130 valence electrons. The quantitative estimate of drug-likeness (QED) is 0.670. The fourth-order valence-corrected chi connectivity index (χ4v) is 3.41. The number of aliphatic hydroxyl groups is 1. The molecule has 1 heterocycles. The van der Waals surface area contributed by atoms with Gasteiger partial charge in [-0.05, 0) is 24.0 Å². The van der Waals surface area contributed by atoms with Crippen molar-refractivity contribution in [2.45, 2.75) is 24.8 Å². The molecule has 0 bridgehead atoms. The van der Waals surface area contributed by atoms with Crippen LogP contribution in [0, 0.1) is 10.1 Å². The van der Waals surface area contributed by atoms with Crippen LogP contribution in [0.5, 0.6) is 0 Å². The maximum absolute atomic E-state index is 13.0. The zero-order valence-corrected chi connectivity index (χ0v) is 13.7. The number of nitro benzene ring substituents is 1. The van der Waals surface area contributed by atoms with E-state index < -0.39 is 4.92 Å². The largest absolute Gasteiger partial charge is 0.394 e. The Labute approximate surface area is 145 Å². The maximum atomic E-state index is 13.0. The van der Waals surface area contributed by atoms with Crippen LogP contribution in [0.1, 0.15) is 35.9 Å². The van der Waals surface area contributed by atoms with E-state index in [-0.39, 0.29) is 30.2 Å². The summed E-state index contributed by atoms with van der Waals surface area (Å²) in [5.74, 6) is -0.365. The third-order valence-corrected chi connectivity index (χ3v) is 4.71. The summed E-state index contributed by atoms with van der Waals surface area (Å²) >= 11 is 0. The predicted octanol–water partition coefficient (Wildman–Crippen LogP) is 3.03. The van der Waals surface area contributed by atoms with Gasteiger partial charge in [-0.1, -0.05) is 42.5 Å². The van der Waals surface area contributed by atoms with Crippen LogP contribution < -0.4 is 0 Å². The lowest BCUT2D eigenvalue weighted by Gasteiger charge is -2.37. The highest BCUT2D eigenvalue weighted by Crippen LogP contribution is 2.33. The van der Waals surface area contributed by atoms with E-state index in [2.05, 4.69) is 0 Å². The van der Waals surface area contributed by atoms with Gasteiger partial charge >= 0.3 is 0 Å². The maximum Gasteiger partial charge on any atom is 0.269 e. The second-order valence-electron chi connectivity index (χ2n) is 6.18. The summed E-state index contributed by atoms with van der Waals surface area (Å²) in [6, 6.07) is 15.3. The van der Waals surface area contributed by atoms with Crippen LogP contribution in [0.15, 0.2) is 54.6 Å². The van der Waals surface area contributed by atoms with Crippen LogP contribution in [-0.4, -0.2) is 34.0 Å². The Morgan fingerprint density at radius 2 is 1.84 bits per heavy atom. The first-order chi connectivity index (χ1) is 12.1. The average Bonchev–Trinajstić information content (AvgIpc) is 2.65. The third-order valence-electron chi connectivity index (χ3n) is 4.71. The fraction of sp³-hybridized carbons (Fsp3) is 0.316. The van der Waals surface area contributed by atoms with Crippen LogP contribution in [0.2, 0.25) is 0 Å². The lowest BCUT2D eigenvalue weighted by Crippen LogP contribution is -2.43. The summed E-state index contributed by atoms with van der Waals surface area (Å²) < 4.78 is 0. The van der Waals surface area contributed by atoms with Crippen molar-refractivity contribution in [3.05, 3.63) is 75.8 Å². The molecule has 1 N–H and O–H groups in total. The molecule has 1 amide bonds. The number of likely N-dealkylation sites (tertiary alicyclic amines) is 1. The van der Waals surface area contributed by atoms with Gasteiger partial charge < -0.3 is 10.0 Å². The van der Waals surface area contributed by atoms with E-state index in [1.165, 1.54) is 12.1 Å². The van der Waals surface area contributed by atoms with Crippen molar-refractivity contribution in [2.24, 2.45) is 0 Å². The van der Waals surface area contributed by atoms with E-state index in [0.29, 0.717) is 13.0 Å². The second-order valence-corrected chi connectivity index (χ2v) is 6.18. The second kappa shape index (κ2) is 7.44. The van der Waals surface area contributed by atoms with E-state index >= 15 is 0 Å². The van der Waals surface area contributed by atoms with E-state index in [4.69, 9.17) is 0 Å². The minimum absolute atomic E-state index is 0.0152. The van der Waals surface area contributed by atoms with Crippen LogP contribution in [0.4, 0.5) is 5.69 Å². The predicted molar refractivity (Wildman–Crippen MR) is 93.1 cm³/mol. The van der Waals surface area contributed by atoms with Crippen molar-refractivity contribution >= 4 is 11.6 Å². The summed E-state index contributed by atoms with van der Waals surface area (Å²) in [4.78, 5) is 25.1. The monoisotopic (exact) mass is 340 g/mol. The molecular weight excluding hydrogens is 320 g/mol. The van der Waals surface area contributed by atoms with Gasteiger partial charge in [0.1, 0.15) is 0 Å². The van der Waals surface area contributed by atoms with Crippen LogP contribution in [0.3, 0.4) is 0 Å². The molecule has 1 fully saturated rings. The molecule has 1 saturated heterocycles. The van der Waals surface area contributed by atoms with E-state index in [1.807, 2.05) is 30.3 Å². The molecule has 2 aromatic carbocycles. The number of carbonyl (C=O) groups is 1. The number of hydrogen-bond donors (Lipinski definition) is 1. The summed E-state index contributed by atoms with van der Waals surface area (Å²) in [6.45, 7) is 0.463. The van der Waals surface area contributed by atoms with Crippen LogP contribution in [-0.2, 0) is 4.79 Å². The fourth-order valence-electron chi connectivity index (χ4n) is 3.41. The minimum Gasteiger partial charge on any atom is -0.394 e. The van der Waals surface area contributed by atoms with Crippen molar-refractivity contribution in [1.82, 2.24) is 4.90 Å². The first kappa shape index (κ1) is 17.1. The smallest absolute Gasteiger partial charge is 0.269 e. The Bertz CT molecular complexity index is 746. The Kier molecular flexibility index (Phi) is 5.09. The number of benzene rings is 2. The zero-order chi connectivity index (χ0) is 17.8. The molecule has 0 aromatic heterocycles. The molecule has 1 aliphatic rings. The number of nitrogens with zero attached hydrogens (tertiary/aromatic N) is 2. The Morgan fingerprint density at radius 1 is 1.16 bits per heavy atom. The topological polar surface area (TPSA) is 83.7 Å². The highest BCUT2D eigenvalue weighted by Gasteiger charge is 2.34. The molecule has 0 saturated carbocycles. The number of non-ortho nitro benzene ring substituents is 1. The highest BCUT2D eigenvalue weighted by molar-refractivity contribution is 5.85. The molecule has 1 aliphatic heterocycles. The first-order valence-corrected chi connectivity index (χ1v) is 8.32. The Morgan fingerprint density at radius 3 is 2.44 bits per heavy atom. The first-order valence-electron chi connectivity index (χ1n) is 8.32. The van der Waals surface area contributed by atoms with Gasteiger partial charge in [0.05, 0.1) is 23.5 Å². The Hall–Kier alpha value is -2.73. The summed E-state index contributed by atoms with van der Waals surface area (Å²) in [5, 5.41) is 20.6. The number of hydrogen-bond acceptors (Lipinski definition) is 4. The van der Waals surface area contributed by atoms with Gasteiger partial charge in [0.2, 0.25) is 5.91 Å². The molecule has 2 aromatic rings. The number of rotatable bonds is 5. The number of piperidine rings is 1. The number of amides is 1. The molecule has 6 nitrogen and oxygen atoms in total. The van der Waals surface area contributed by atoms with Gasteiger partial charge in [0.15, 0.2) is 0 Å². The van der Waals surface area contributed by atoms with Crippen LogP contribution in [0.25, 0.3) is 0 Å². The lowest BCUT2D eigenvalue weighted by molar-refractivity contribution is -0.384.